The quantitative estimate of drug-likeness (QED) is 0.787. The summed E-state index contributed by atoms with van der Waals surface area (Å²) >= 11 is 0. The minimum atomic E-state index is -4.50. The van der Waals surface area contributed by atoms with Gasteiger partial charge in [-0.1, -0.05) is 44.9 Å². The van der Waals surface area contributed by atoms with Crippen LogP contribution in [0, 0.1) is 5.92 Å². The molecule has 0 aliphatic rings. The fourth-order valence-corrected chi connectivity index (χ4v) is 2.82. The van der Waals surface area contributed by atoms with Gasteiger partial charge in [-0.3, -0.25) is 0 Å². The first-order chi connectivity index (χ1) is 10.2. The van der Waals surface area contributed by atoms with Gasteiger partial charge in [0.25, 0.3) is 0 Å². The van der Waals surface area contributed by atoms with Crippen molar-refractivity contribution < 1.29 is 21.6 Å². The monoisotopic (exact) mass is 329 g/mol. The molecule has 0 aliphatic carbocycles. The Bertz CT molecular complexity index is 579. The van der Waals surface area contributed by atoms with Gasteiger partial charge in [0.1, 0.15) is 11.3 Å². The first-order valence-electron chi connectivity index (χ1n) is 7.22. The zero-order valence-corrected chi connectivity index (χ0v) is 13.9. The highest BCUT2D eigenvalue weighted by atomic mass is 32.3. The zero-order chi connectivity index (χ0) is 16.8. The average Bonchev–Trinajstić information content (AvgIpc) is 2.44. The number of carbonyl (C=O) groups is 1. The Kier molecular flexibility index (Phi) is 6.37. The minimum absolute atomic E-state index is 0.0639. The van der Waals surface area contributed by atoms with E-state index < -0.39 is 21.9 Å². The van der Waals surface area contributed by atoms with Crippen LogP contribution < -0.4 is 9.92 Å². The molecule has 22 heavy (non-hydrogen) atoms. The molecule has 0 saturated heterocycles. The highest BCUT2D eigenvalue weighted by Gasteiger charge is 2.36. The third-order valence-electron chi connectivity index (χ3n) is 3.45. The topological polar surface area (TPSA) is 95.7 Å². The predicted octanol–water partition coefficient (Wildman–Crippen LogP) is 2.40. The molecule has 0 radical (unpaired) electrons. The smallest absolute Gasteiger partial charge is 0.353 e. The number of hydrogen-bond acceptors (Lipinski definition) is 6. The van der Waals surface area contributed by atoms with Crippen LogP contribution in [0.1, 0.15) is 40.0 Å². The molecule has 0 spiro atoms. The first-order valence-corrected chi connectivity index (χ1v) is 8.55. The molecule has 0 unspecified atom stereocenters. The summed E-state index contributed by atoms with van der Waals surface area (Å²) < 4.78 is 32.7. The predicted molar refractivity (Wildman–Crippen MR) is 83.4 cm³/mol. The summed E-state index contributed by atoms with van der Waals surface area (Å²) in [6.07, 6.45) is 2.05. The molecular formula is C15H23NO5S. The maximum atomic E-state index is 12.0. The lowest BCUT2D eigenvalue weighted by molar-refractivity contribution is -0.140. The van der Waals surface area contributed by atoms with Crippen LogP contribution in [0.15, 0.2) is 30.3 Å². The van der Waals surface area contributed by atoms with Crippen molar-refractivity contribution in [3.05, 3.63) is 30.3 Å². The fourth-order valence-electron chi connectivity index (χ4n) is 2.06. The summed E-state index contributed by atoms with van der Waals surface area (Å²) in [7, 11) is -4.50. The highest BCUT2D eigenvalue weighted by molar-refractivity contribution is 7.82. The zero-order valence-electron chi connectivity index (χ0n) is 13.1. The van der Waals surface area contributed by atoms with Crippen molar-refractivity contribution in [2.75, 3.05) is 0 Å². The lowest BCUT2D eigenvalue weighted by atomic mass is 9.87. The first kappa shape index (κ1) is 18.4. The molecule has 0 aliphatic heterocycles. The molecule has 0 heterocycles. The number of carbonyl (C=O) groups excluding carboxylic acids is 1. The van der Waals surface area contributed by atoms with Crippen LogP contribution in [0.3, 0.4) is 0 Å². The number of para-hydroxylation sites is 1. The van der Waals surface area contributed by atoms with Crippen LogP contribution in [0.4, 0.5) is 0 Å². The van der Waals surface area contributed by atoms with Gasteiger partial charge in [0.2, 0.25) is 0 Å². The molecule has 0 fully saturated rings. The van der Waals surface area contributed by atoms with Crippen molar-refractivity contribution in [1.82, 2.24) is 0 Å². The van der Waals surface area contributed by atoms with Gasteiger partial charge in [-0.25, -0.2) is 4.79 Å². The number of benzene rings is 1. The molecule has 2 N–H and O–H groups in total. The van der Waals surface area contributed by atoms with Gasteiger partial charge in [-0.15, -0.1) is 8.42 Å². The molecule has 7 heteroatoms. The maximum absolute atomic E-state index is 12.0. The van der Waals surface area contributed by atoms with Crippen LogP contribution in [0.2, 0.25) is 0 Å². The lowest BCUT2D eigenvalue weighted by Crippen LogP contribution is -2.48. The van der Waals surface area contributed by atoms with E-state index in [0.29, 0.717) is 6.42 Å². The molecule has 0 amide bonds. The molecule has 1 aromatic rings. The number of rotatable bonds is 8. The van der Waals surface area contributed by atoms with Crippen molar-refractivity contribution in [3.63, 3.8) is 0 Å². The lowest BCUT2D eigenvalue weighted by Gasteiger charge is -2.26. The summed E-state index contributed by atoms with van der Waals surface area (Å²) in [4.78, 5) is 12.0. The second-order valence-electron chi connectivity index (χ2n) is 5.48. The van der Waals surface area contributed by atoms with Crippen LogP contribution in [-0.4, -0.2) is 19.9 Å². The molecular weight excluding hydrogens is 306 g/mol. The van der Waals surface area contributed by atoms with E-state index in [2.05, 4.69) is 4.18 Å². The summed E-state index contributed by atoms with van der Waals surface area (Å²) in [5.74, 6) is -0.732. The number of hydrogen-bond donors (Lipinski definition) is 1. The Morgan fingerprint density at radius 2 is 1.77 bits per heavy atom. The van der Waals surface area contributed by atoms with E-state index in [1.807, 2.05) is 13.8 Å². The Balaban J connectivity index is 2.73. The van der Waals surface area contributed by atoms with Crippen LogP contribution in [0.5, 0.6) is 5.75 Å². The van der Waals surface area contributed by atoms with Crippen molar-refractivity contribution >= 4 is 16.4 Å². The number of nitrogens with two attached hydrogens (primary N) is 1. The van der Waals surface area contributed by atoms with Gasteiger partial charge < -0.3 is 14.1 Å². The van der Waals surface area contributed by atoms with E-state index in [0.717, 1.165) is 12.8 Å². The normalized spacial score (nSPS) is 14.4. The molecule has 0 bridgehead atoms. The van der Waals surface area contributed by atoms with E-state index in [4.69, 9.17) is 9.92 Å². The molecule has 1 rings (SSSR count). The van der Waals surface area contributed by atoms with Gasteiger partial charge in [0.15, 0.2) is 0 Å². The van der Waals surface area contributed by atoms with Gasteiger partial charge in [-0.05, 0) is 31.4 Å². The standard InChI is InChI=1S/C15H23NO5S/c1-4-12(5-2)11-15(3,16)14(17)21-22(18,19)20-13-9-7-6-8-10-13/h6-10,12H,4-5,11,16H2,1-3H3/t15-/m0/s1. The molecule has 1 aromatic carbocycles. The Morgan fingerprint density at radius 1 is 1.23 bits per heavy atom. The third kappa shape index (κ3) is 5.65. The van der Waals surface area contributed by atoms with Gasteiger partial charge >= 0.3 is 16.4 Å². The minimum Gasteiger partial charge on any atom is -0.353 e. The van der Waals surface area contributed by atoms with E-state index in [-0.39, 0.29) is 11.7 Å². The highest BCUT2D eigenvalue weighted by Crippen LogP contribution is 2.22. The van der Waals surface area contributed by atoms with Crippen molar-refractivity contribution in [2.24, 2.45) is 11.7 Å². The van der Waals surface area contributed by atoms with Crippen molar-refractivity contribution in [3.8, 4) is 5.75 Å². The second kappa shape index (κ2) is 7.60. The summed E-state index contributed by atoms with van der Waals surface area (Å²) in [5, 5.41) is 0. The molecule has 0 aromatic heterocycles. The van der Waals surface area contributed by atoms with Crippen LogP contribution in [-0.2, 0) is 19.4 Å². The second-order valence-corrected chi connectivity index (χ2v) is 6.63. The average molecular weight is 329 g/mol. The van der Waals surface area contributed by atoms with Gasteiger partial charge in [-0.2, -0.15) is 0 Å². The fraction of sp³-hybridized carbons (Fsp3) is 0.533. The molecule has 0 saturated carbocycles. The van der Waals surface area contributed by atoms with E-state index in [1.54, 1.807) is 18.2 Å². The largest absolute Gasteiger partial charge is 0.503 e. The maximum Gasteiger partial charge on any atom is 0.503 e. The third-order valence-corrected chi connectivity index (χ3v) is 4.21. The summed E-state index contributed by atoms with van der Waals surface area (Å²) in [5.41, 5.74) is 4.53. The summed E-state index contributed by atoms with van der Waals surface area (Å²) in [6.45, 7) is 5.45. The Hall–Kier alpha value is -1.60. The SMILES string of the molecule is CCC(CC)C[C@](C)(N)C(=O)OS(=O)(=O)Oc1ccccc1. The van der Waals surface area contributed by atoms with E-state index in [1.165, 1.54) is 19.1 Å². The Labute approximate surface area is 131 Å². The van der Waals surface area contributed by atoms with Crippen LogP contribution in [0.25, 0.3) is 0 Å². The van der Waals surface area contributed by atoms with Gasteiger partial charge in [0, 0.05) is 0 Å². The van der Waals surface area contributed by atoms with Crippen molar-refractivity contribution in [2.45, 2.75) is 45.6 Å². The van der Waals surface area contributed by atoms with Crippen molar-refractivity contribution in [1.29, 1.82) is 0 Å². The van der Waals surface area contributed by atoms with Crippen LogP contribution >= 0.6 is 0 Å². The molecule has 1 atom stereocenters. The van der Waals surface area contributed by atoms with E-state index >= 15 is 0 Å². The Morgan fingerprint density at radius 3 is 2.27 bits per heavy atom. The molecule has 124 valence electrons. The molecule has 6 nitrogen and oxygen atoms in total. The van der Waals surface area contributed by atoms with Gasteiger partial charge in [0.05, 0.1) is 0 Å². The summed E-state index contributed by atoms with van der Waals surface area (Å²) in [6, 6.07) is 7.80. The van der Waals surface area contributed by atoms with E-state index in [9.17, 15) is 13.2 Å².